The summed E-state index contributed by atoms with van der Waals surface area (Å²) in [5.74, 6) is 0. The molecule has 0 aliphatic heterocycles. The van der Waals surface area contributed by atoms with E-state index in [-0.39, 0.29) is 0 Å². The number of rotatable bonds is 8. The highest BCUT2D eigenvalue weighted by atomic mass is 16.5. The van der Waals surface area contributed by atoms with Gasteiger partial charge in [0.15, 0.2) is 0 Å². The Hall–Kier alpha value is -1.49. The number of hydrogen-bond acceptors (Lipinski definition) is 4. The first kappa shape index (κ1) is 14.9. The predicted molar refractivity (Wildman–Crippen MR) is 82.5 cm³/mol. The van der Waals surface area contributed by atoms with Gasteiger partial charge in [0.25, 0.3) is 0 Å². The van der Waals surface area contributed by atoms with Crippen LogP contribution in [0.25, 0.3) is 10.9 Å². The fourth-order valence-corrected chi connectivity index (χ4v) is 2.37. The van der Waals surface area contributed by atoms with Crippen molar-refractivity contribution >= 4 is 10.9 Å². The van der Waals surface area contributed by atoms with E-state index in [9.17, 15) is 0 Å². The van der Waals surface area contributed by atoms with Gasteiger partial charge in [-0.05, 0) is 31.0 Å². The molecule has 2 rings (SSSR count). The van der Waals surface area contributed by atoms with Gasteiger partial charge in [0, 0.05) is 31.3 Å². The molecule has 2 aromatic rings. The van der Waals surface area contributed by atoms with Crippen molar-refractivity contribution in [2.45, 2.75) is 25.4 Å². The zero-order chi connectivity index (χ0) is 14.2. The largest absolute Gasteiger partial charge is 0.383 e. The Morgan fingerprint density at radius 3 is 2.95 bits per heavy atom. The summed E-state index contributed by atoms with van der Waals surface area (Å²) in [5.41, 5.74) is 7.86. The zero-order valence-electron chi connectivity index (χ0n) is 12.0. The minimum atomic E-state index is 0.336. The summed E-state index contributed by atoms with van der Waals surface area (Å²) < 4.78 is 5.26. The molecule has 0 aliphatic rings. The molecule has 0 saturated carbocycles. The van der Waals surface area contributed by atoms with Crippen LogP contribution in [0.3, 0.4) is 0 Å². The molecule has 0 bridgehead atoms. The van der Waals surface area contributed by atoms with E-state index in [0.29, 0.717) is 12.6 Å². The van der Waals surface area contributed by atoms with Crippen molar-refractivity contribution in [2.75, 3.05) is 20.3 Å². The van der Waals surface area contributed by atoms with Gasteiger partial charge in [-0.2, -0.15) is 0 Å². The second-order valence-corrected chi connectivity index (χ2v) is 4.96. The standard InChI is InChI=1S/C16H23N3O/c1-20-12-15(8-3-9-17)19-11-14-6-2-5-13-7-4-10-18-16(13)14/h2,4-7,10,15,19H,3,8-9,11-12,17H2,1H3. The van der Waals surface area contributed by atoms with E-state index in [1.807, 2.05) is 12.3 Å². The Balaban J connectivity index is 2.03. The first-order valence-electron chi connectivity index (χ1n) is 7.10. The van der Waals surface area contributed by atoms with E-state index < -0.39 is 0 Å². The molecule has 1 aromatic carbocycles. The van der Waals surface area contributed by atoms with E-state index in [2.05, 4.69) is 34.6 Å². The minimum absolute atomic E-state index is 0.336. The lowest BCUT2D eigenvalue weighted by atomic mass is 10.1. The summed E-state index contributed by atoms with van der Waals surface area (Å²) in [6.45, 7) is 2.23. The van der Waals surface area contributed by atoms with Crippen LogP contribution in [0, 0.1) is 0 Å². The zero-order valence-corrected chi connectivity index (χ0v) is 12.0. The Morgan fingerprint density at radius 2 is 2.15 bits per heavy atom. The smallest absolute Gasteiger partial charge is 0.0746 e. The van der Waals surface area contributed by atoms with Gasteiger partial charge in [-0.25, -0.2) is 0 Å². The van der Waals surface area contributed by atoms with Gasteiger partial charge in [-0.1, -0.05) is 24.3 Å². The summed E-state index contributed by atoms with van der Waals surface area (Å²) in [4.78, 5) is 4.48. The number of benzene rings is 1. The van der Waals surface area contributed by atoms with Crippen LogP contribution in [0.4, 0.5) is 0 Å². The van der Waals surface area contributed by atoms with E-state index in [1.54, 1.807) is 7.11 Å². The van der Waals surface area contributed by atoms with Crippen LogP contribution in [0.15, 0.2) is 36.5 Å². The predicted octanol–water partition coefficient (Wildman–Crippen LogP) is 2.08. The fraction of sp³-hybridized carbons (Fsp3) is 0.438. The minimum Gasteiger partial charge on any atom is -0.383 e. The number of hydrogen-bond donors (Lipinski definition) is 2. The van der Waals surface area contributed by atoms with Gasteiger partial charge in [-0.15, -0.1) is 0 Å². The number of nitrogens with one attached hydrogen (secondary N) is 1. The van der Waals surface area contributed by atoms with Crippen molar-refractivity contribution in [2.24, 2.45) is 5.73 Å². The summed E-state index contributed by atoms with van der Waals surface area (Å²) in [7, 11) is 1.73. The van der Waals surface area contributed by atoms with E-state index >= 15 is 0 Å². The van der Waals surface area contributed by atoms with Crippen molar-refractivity contribution in [1.82, 2.24) is 10.3 Å². The lowest BCUT2D eigenvalue weighted by Gasteiger charge is -2.18. The fourth-order valence-electron chi connectivity index (χ4n) is 2.37. The molecule has 108 valence electrons. The molecule has 1 aromatic heterocycles. The second-order valence-electron chi connectivity index (χ2n) is 4.96. The van der Waals surface area contributed by atoms with Gasteiger partial charge in [0.05, 0.1) is 12.1 Å². The number of nitrogens with two attached hydrogens (primary N) is 1. The molecular weight excluding hydrogens is 250 g/mol. The van der Waals surface area contributed by atoms with Crippen LogP contribution in [-0.2, 0) is 11.3 Å². The van der Waals surface area contributed by atoms with Crippen LogP contribution in [0.1, 0.15) is 18.4 Å². The number of methoxy groups -OCH3 is 1. The molecule has 1 atom stereocenters. The summed E-state index contributed by atoms with van der Waals surface area (Å²) in [5, 5.41) is 4.72. The van der Waals surface area contributed by atoms with Crippen molar-refractivity contribution < 1.29 is 4.74 Å². The molecule has 0 spiro atoms. The van der Waals surface area contributed by atoms with E-state index in [1.165, 1.54) is 10.9 Å². The molecule has 0 amide bonds. The number of para-hydroxylation sites is 1. The lowest BCUT2D eigenvalue weighted by molar-refractivity contribution is 0.161. The van der Waals surface area contributed by atoms with Gasteiger partial charge < -0.3 is 15.8 Å². The van der Waals surface area contributed by atoms with Crippen molar-refractivity contribution in [3.63, 3.8) is 0 Å². The highest BCUT2D eigenvalue weighted by Gasteiger charge is 2.08. The highest BCUT2D eigenvalue weighted by Crippen LogP contribution is 2.16. The maximum absolute atomic E-state index is 5.58. The Morgan fingerprint density at radius 1 is 1.30 bits per heavy atom. The SMILES string of the molecule is COCC(CCCN)NCc1cccc2cccnc12. The van der Waals surface area contributed by atoms with Gasteiger partial charge in [-0.3, -0.25) is 4.98 Å². The average molecular weight is 273 g/mol. The maximum atomic E-state index is 5.58. The van der Waals surface area contributed by atoms with Crippen molar-refractivity contribution in [3.8, 4) is 0 Å². The summed E-state index contributed by atoms with van der Waals surface area (Å²) in [6.07, 6.45) is 3.88. The molecule has 0 radical (unpaired) electrons. The molecule has 20 heavy (non-hydrogen) atoms. The Bertz CT molecular complexity index is 525. The molecular formula is C16H23N3O. The van der Waals surface area contributed by atoms with Gasteiger partial charge in [0.2, 0.25) is 0 Å². The molecule has 1 unspecified atom stereocenters. The number of ether oxygens (including phenoxy) is 1. The molecule has 0 saturated heterocycles. The summed E-state index contributed by atoms with van der Waals surface area (Å²) >= 11 is 0. The molecule has 0 aliphatic carbocycles. The normalized spacial score (nSPS) is 12.7. The topological polar surface area (TPSA) is 60.2 Å². The second kappa shape index (κ2) is 7.94. The number of pyridine rings is 1. The maximum Gasteiger partial charge on any atom is 0.0746 e. The van der Waals surface area contributed by atoms with Crippen LogP contribution < -0.4 is 11.1 Å². The van der Waals surface area contributed by atoms with Crippen LogP contribution in [0.5, 0.6) is 0 Å². The molecule has 1 heterocycles. The van der Waals surface area contributed by atoms with Crippen LogP contribution in [0.2, 0.25) is 0 Å². The Kier molecular flexibility index (Phi) is 5.92. The first-order valence-corrected chi connectivity index (χ1v) is 7.10. The van der Waals surface area contributed by atoms with Crippen molar-refractivity contribution in [3.05, 3.63) is 42.1 Å². The van der Waals surface area contributed by atoms with Gasteiger partial charge in [0.1, 0.15) is 0 Å². The number of fused-ring (bicyclic) bond motifs is 1. The third kappa shape index (κ3) is 4.00. The Labute approximate surface area is 120 Å². The van der Waals surface area contributed by atoms with Crippen molar-refractivity contribution in [1.29, 1.82) is 0 Å². The third-order valence-corrected chi connectivity index (χ3v) is 3.42. The number of aromatic nitrogens is 1. The first-order chi connectivity index (χ1) is 9.85. The monoisotopic (exact) mass is 273 g/mol. The molecule has 4 heteroatoms. The molecule has 4 nitrogen and oxygen atoms in total. The lowest BCUT2D eigenvalue weighted by Crippen LogP contribution is -2.33. The third-order valence-electron chi connectivity index (χ3n) is 3.42. The van der Waals surface area contributed by atoms with E-state index in [0.717, 1.165) is 31.4 Å². The van der Waals surface area contributed by atoms with Crippen LogP contribution >= 0.6 is 0 Å². The molecule has 0 fully saturated rings. The van der Waals surface area contributed by atoms with E-state index in [4.69, 9.17) is 10.5 Å². The highest BCUT2D eigenvalue weighted by molar-refractivity contribution is 5.81. The molecule has 3 N–H and O–H groups in total. The van der Waals surface area contributed by atoms with Gasteiger partial charge >= 0.3 is 0 Å². The quantitative estimate of drug-likeness (QED) is 0.773. The summed E-state index contributed by atoms with van der Waals surface area (Å²) in [6, 6.07) is 10.7. The average Bonchev–Trinajstić information content (AvgIpc) is 2.50. The number of nitrogens with zero attached hydrogens (tertiary/aromatic N) is 1. The van der Waals surface area contributed by atoms with Crippen LogP contribution in [-0.4, -0.2) is 31.3 Å².